The molecule has 0 spiro atoms. The van der Waals surface area contributed by atoms with Crippen LogP contribution < -0.4 is 10.1 Å². The van der Waals surface area contributed by atoms with Gasteiger partial charge in [-0.3, -0.25) is 9.59 Å². The molecule has 0 aliphatic carbocycles. The average molecular weight is 457 g/mol. The number of hydrogen-bond acceptors (Lipinski definition) is 4. The second-order valence-electron chi connectivity index (χ2n) is 8.22. The van der Waals surface area contributed by atoms with E-state index in [1.54, 1.807) is 23.8 Å². The predicted molar refractivity (Wildman–Crippen MR) is 133 cm³/mol. The molecular formula is C26H36N2O3S. The van der Waals surface area contributed by atoms with E-state index in [0.29, 0.717) is 37.6 Å². The van der Waals surface area contributed by atoms with Crippen LogP contribution in [0, 0.1) is 5.92 Å². The fourth-order valence-electron chi connectivity index (χ4n) is 3.38. The molecule has 5 nitrogen and oxygen atoms in total. The normalized spacial score (nSPS) is 11.8. The number of carbonyl (C=O) groups excluding carboxylic acids is 2. The number of nitrogens with one attached hydrogen (secondary N) is 1. The summed E-state index contributed by atoms with van der Waals surface area (Å²) in [4.78, 5) is 27.9. The minimum Gasteiger partial charge on any atom is -0.497 e. The van der Waals surface area contributed by atoms with Gasteiger partial charge in [-0.05, 0) is 35.6 Å². The van der Waals surface area contributed by atoms with E-state index in [9.17, 15) is 9.59 Å². The lowest BCUT2D eigenvalue weighted by Gasteiger charge is -2.31. The van der Waals surface area contributed by atoms with Gasteiger partial charge in [-0.15, -0.1) is 0 Å². The summed E-state index contributed by atoms with van der Waals surface area (Å²) < 4.78 is 5.33. The third kappa shape index (κ3) is 8.58. The highest BCUT2D eigenvalue weighted by molar-refractivity contribution is 7.98. The average Bonchev–Trinajstić information content (AvgIpc) is 2.81. The number of hydrogen-bond donors (Lipinski definition) is 1. The van der Waals surface area contributed by atoms with Crippen molar-refractivity contribution in [3.05, 3.63) is 65.7 Å². The molecule has 0 aromatic heterocycles. The second-order valence-corrected chi connectivity index (χ2v) is 9.33. The van der Waals surface area contributed by atoms with Gasteiger partial charge in [-0.1, -0.05) is 63.2 Å². The summed E-state index contributed by atoms with van der Waals surface area (Å²) in [6.45, 7) is 7.06. The Kier molecular flexibility index (Phi) is 11.2. The molecule has 2 rings (SSSR count). The lowest BCUT2D eigenvalue weighted by molar-refractivity contribution is -0.141. The first-order valence-electron chi connectivity index (χ1n) is 11.3. The van der Waals surface area contributed by atoms with Crippen LogP contribution in [0.5, 0.6) is 5.75 Å². The van der Waals surface area contributed by atoms with Gasteiger partial charge in [-0.25, -0.2) is 0 Å². The van der Waals surface area contributed by atoms with Gasteiger partial charge < -0.3 is 15.0 Å². The summed E-state index contributed by atoms with van der Waals surface area (Å²) >= 11 is 1.74. The predicted octanol–water partition coefficient (Wildman–Crippen LogP) is 4.90. The number of methoxy groups -OCH3 is 1. The third-order valence-corrected chi connectivity index (χ3v) is 6.16. The maximum atomic E-state index is 13.3. The van der Waals surface area contributed by atoms with E-state index in [-0.39, 0.29) is 11.8 Å². The van der Waals surface area contributed by atoms with E-state index in [1.807, 2.05) is 49.4 Å². The molecule has 0 saturated heterocycles. The molecule has 2 aromatic carbocycles. The number of carbonyl (C=O) groups is 2. The van der Waals surface area contributed by atoms with Crippen molar-refractivity contribution in [1.29, 1.82) is 0 Å². The van der Waals surface area contributed by atoms with Gasteiger partial charge in [-0.2, -0.15) is 11.8 Å². The second kappa shape index (κ2) is 13.8. The summed E-state index contributed by atoms with van der Waals surface area (Å²) in [5, 5.41) is 3.00. The van der Waals surface area contributed by atoms with Crippen molar-refractivity contribution >= 4 is 23.6 Å². The molecule has 174 valence electrons. The van der Waals surface area contributed by atoms with Gasteiger partial charge in [0.05, 0.1) is 7.11 Å². The van der Waals surface area contributed by atoms with Gasteiger partial charge in [0.2, 0.25) is 11.8 Å². The molecule has 6 heteroatoms. The van der Waals surface area contributed by atoms with Crippen LogP contribution in [0.4, 0.5) is 0 Å². The maximum Gasteiger partial charge on any atom is 0.242 e. The summed E-state index contributed by atoms with van der Waals surface area (Å²) in [5.41, 5.74) is 2.20. The molecule has 1 N–H and O–H groups in total. The van der Waals surface area contributed by atoms with Crippen molar-refractivity contribution < 1.29 is 14.3 Å². The summed E-state index contributed by atoms with van der Waals surface area (Å²) in [5.74, 6) is 2.59. The van der Waals surface area contributed by atoms with E-state index >= 15 is 0 Å². The Bertz CT molecular complexity index is 842. The van der Waals surface area contributed by atoms with Crippen molar-refractivity contribution in [2.24, 2.45) is 5.92 Å². The topological polar surface area (TPSA) is 58.6 Å². The number of nitrogens with zero attached hydrogens (tertiary/aromatic N) is 1. The van der Waals surface area contributed by atoms with Crippen LogP contribution in [0.15, 0.2) is 54.6 Å². The largest absolute Gasteiger partial charge is 0.497 e. The van der Waals surface area contributed by atoms with Crippen LogP contribution >= 0.6 is 11.8 Å². The molecule has 2 aromatic rings. The van der Waals surface area contributed by atoms with Gasteiger partial charge in [0.1, 0.15) is 11.8 Å². The van der Waals surface area contributed by atoms with Gasteiger partial charge in [0.25, 0.3) is 0 Å². The molecule has 0 heterocycles. The molecule has 0 bridgehead atoms. The van der Waals surface area contributed by atoms with Crippen LogP contribution in [-0.4, -0.2) is 42.2 Å². The quantitative estimate of drug-likeness (QED) is 0.436. The summed E-state index contributed by atoms with van der Waals surface area (Å²) in [6.07, 6.45) is 0.965. The Balaban J connectivity index is 2.08. The monoisotopic (exact) mass is 456 g/mol. The molecule has 0 saturated carbocycles. The third-order valence-electron chi connectivity index (χ3n) is 5.13. The maximum absolute atomic E-state index is 13.3. The lowest BCUT2D eigenvalue weighted by Crippen LogP contribution is -2.49. The number of ether oxygens (including phenoxy) is 1. The number of rotatable bonds is 13. The molecular weight excluding hydrogens is 420 g/mol. The molecule has 32 heavy (non-hydrogen) atoms. The highest BCUT2D eigenvalue weighted by atomic mass is 32.2. The zero-order valence-electron chi connectivity index (χ0n) is 19.7. The van der Waals surface area contributed by atoms with Crippen molar-refractivity contribution in [2.45, 2.75) is 52.0 Å². The van der Waals surface area contributed by atoms with E-state index in [4.69, 9.17) is 4.74 Å². The van der Waals surface area contributed by atoms with Crippen LogP contribution in [0.25, 0.3) is 0 Å². The van der Waals surface area contributed by atoms with Crippen molar-refractivity contribution in [3.63, 3.8) is 0 Å². The SMILES string of the molecule is CC[C@@H](C(=O)NCC(C)C)N(Cc1cccc(OC)c1)C(=O)CCSCc1ccccc1. The summed E-state index contributed by atoms with van der Waals surface area (Å²) in [7, 11) is 1.63. The van der Waals surface area contributed by atoms with E-state index in [0.717, 1.165) is 17.1 Å². The Hall–Kier alpha value is -2.47. The first kappa shape index (κ1) is 25.8. The molecule has 1 atom stereocenters. The fourth-order valence-corrected chi connectivity index (χ4v) is 4.27. The van der Waals surface area contributed by atoms with Crippen LogP contribution in [0.1, 0.15) is 44.7 Å². The Morgan fingerprint density at radius 3 is 2.44 bits per heavy atom. The first-order valence-corrected chi connectivity index (χ1v) is 12.4. The standard InChI is InChI=1S/C26H36N2O3S/c1-5-24(26(30)27-17-20(2)3)28(18-22-12-9-13-23(16-22)31-4)25(29)14-15-32-19-21-10-7-6-8-11-21/h6-13,16,20,24H,5,14-15,17-19H2,1-4H3,(H,27,30)/t24-/m0/s1. The van der Waals surface area contributed by atoms with Crippen LogP contribution in [0.3, 0.4) is 0 Å². The van der Waals surface area contributed by atoms with Crippen LogP contribution in [-0.2, 0) is 21.9 Å². The molecule has 0 radical (unpaired) electrons. The Morgan fingerprint density at radius 2 is 1.78 bits per heavy atom. The Morgan fingerprint density at radius 1 is 1.06 bits per heavy atom. The molecule has 0 aliphatic heterocycles. The molecule has 0 fully saturated rings. The highest BCUT2D eigenvalue weighted by Crippen LogP contribution is 2.19. The molecule has 0 unspecified atom stereocenters. The fraction of sp³-hybridized carbons (Fsp3) is 0.462. The van der Waals surface area contributed by atoms with Crippen molar-refractivity contribution in [3.8, 4) is 5.75 Å². The van der Waals surface area contributed by atoms with E-state index in [1.165, 1.54) is 5.56 Å². The lowest BCUT2D eigenvalue weighted by atomic mass is 10.1. The minimum atomic E-state index is -0.494. The zero-order valence-corrected chi connectivity index (χ0v) is 20.5. The van der Waals surface area contributed by atoms with Crippen molar-refractivity contribution in [1.82, 2.24) is 10.2 Å². The van der Waals surface area contributed by atoms with Gasteiger partial charge in [0, 0.05) is 31.0 Å². The van der Waals surface area contributed by atoms with E-state index < -0.39 is 6.04 Å². The van der Waals surface area contributed by atoms with Crippen LogP contribution in [0.2, 0.25) is 0 Å². The highest BCUT2D eigenvalue weighted by Gasteiger charge is 2.28. The van der Waals surface area contributed by atoms with Crippen molar-refractivity contribution in [2.75, 3.05) is 19.4 Å². The molecule has 2 amide bonds. The molecule has 0 aliphatic rings. The number of thioether (sulfide) groups is 1. The van der Waals surface area contributed by atoms with E-state index in [2.05, 4.69) is 31.3 Å². The number of amides is 2. The zero-order chi connectivity index (χ0) is 23.3. The number of benzene rings is 2. The van der Waals surface area contributed by atoms with Gasteiger partial charge in [0.15, 0.2) is 0 Å². The first-order chi connectivity index (χ1) is 15.4. The summed E-state index contributed by atoms with van der Waals surface area (Å²) in [6, 6.07) is 17.4. The Labute approximate surface area is 196 Å². The smallest absolute Gasteiger partial charge is 0.242 e. The van der Waals surface area contributed by atoms with Gasteiger partial charge >= 0.3 is 0 Å². The minimum absolute atomic E-state index is 0.0000662.